The molecule has 0 aromatic heterocycles. The average molecular weight is 282 g/mol. The van der Waals surface area contributed by atoms with Crippen LogP contribution in [0, 0.1) is 17.6 Å². The van der Waals surface area contributed by atoms with Crippen molar-refractivity contribution in [2.45, 2.75) is 32.7 Å². The molecule has 0 saturated carbocycles. The SMILES string of the molecule is CCNCC1CCN(C(C)c2cc(F)cc(F)c2)CC1. The highest BCUT2D eigenvalue weighted by Crippen LogP contribution is 2.27. The lowest BCUT2D eigenvalue weighted by molar-refractivity contribution is 0.140. The first-order valence-corrected chi connectivity index (χ1v) is 7.51. The van der Waals surface area contributed by atoms with Crippen LogP contribution in [-0.4, -0.2) is 31.1 Å². The van der Waals surface area contributed by atoms with Gasteiger partial charge in [0.2, 0.25) is 0 Å². The molecule has 1 N–H and O–H groups in total. The lowest BCUT2D eigenvalue weighted by Gasteiger charge is -2.36. The number of halogens is 2. The number of nitrogens with one attached hydrogen (secondary N) is 1. The van der Waals surface area contributed by atoms with Gasteiger partial charge in [0.05, 0.1) is 0 Å². The van der Waals surface area contributed by atoms with Crippen LogP contribution in [0.15, 0.2) is 18.2 Å². The van der Waals surface area contributed by atoms with Gasteiger partial charge in [-0.1, -0.05) is 6.92 Å². The van der Waals surface area contributed by atoms with E-state index < -0.39 is 11.6 Å². The molecule has 1 aliphatic rings. The van der Waals surface area contributed by atoms with Gasteiger partial charge in [0.1, 0.15) is 11.6 Å². The van der Waals surface area contributed by atoms with Crippen molar-refractivity contribution < 1.29 is 8.78 Å². The molecule has 20 heavy (non-hydrogen) atoms. The molecule has 1 aromatic rings. The average Bonchev–Trinajstić information content (AvgIpc) is 2.44. The second-order valence-corrected chi connectivity index (χ2v) is 5.67. The first kappa shape index (κ1) is 15.4. The van der Waals surface area contributed by atoms with E-state index >= 15 is 0 Å². The van der Waals surface area contributed by atoms with E-state index in [0.29, 0.717) is 0 Å². The van der Waals surface area contributed by atoms with Gasteiger partial charge in [-0.2, -0.15) is 0 Å². The van der Waals surface area contributed by atoms with Gasteiger partial charge < -0.3 is 5.32 Å². The second kappa shape index (κ2) is 7.14. The van der Waals surface area contributed by atoms with Crippen molar-refractivity contribution in [3.05, 3.63) is 35.4 Å². The molecule has 0 radical (unpaired) electrons. The number of benzene rings is 1. The third kappa shape index (κ3) is 4.00. The number of piperidine rings is 1. The molecule has 1 unspecified atom stereocenters. The van der Waals surface area contributed by atoms with Gasteiger partial charge in [-0.05, 0) is 69.6 Å². The van der Waals surface area contributed by atoms with Crippen LogP contribution in [0.5, 0.6) is 0 Å². The predicted octanol–water partition coefficient (Wildman–Crippen LogP) is 3.35. The van der Waals surface area contributed by atoms with E-state index in [-0.39, 0.29) is 6.04 Å². The number of likely N-dealkylation sites (tertiary alicyclic amines) is 1. The third-order valence-corrected chi connectivity index (χ3v) is 4.25. The molecule has 112 valence electrons. The van der Waals surface area contributed by atoms with Crippen LogP contribution in [0.3, 0.4) is 0 Å². The molecule has 1 heterocycles. The second-order valence-electron chi connectivity index (χ2n) is 5.67. The highest BCUT2D eigenvalue weighted by atomic mass is 19.1. The fourth-order valence-corrected chi connectivity index (χ4v) is 2.92. The molecule has 0 bridgehead atoms. The maximum absolute atomic E-state index is 13.3. The molecule has 1 fully saturated rings. The summed E-state index contributed by atoms with van der Waals surface area (Å²) >= 11 is 0. The number of hydrogen-bond acceptors (Lipinski definition) is 2. The standard InChI is InChI=1S/C16H24F2N2/c1-3-19-11-13-4-6-20(7-5-13)12(2)14-8-15(17)10-16(18)9-14/h8-10,12-13,19H,3-7,11H2,1-2H3. The van der Waals surface area contributed by atoms with Gasteiger partial charge in [0, 0.05) is 12.1 Å². The van der Waals surface area contributed by atoms with E-state index in [2.05, 4.69) is 17.1 Å². The highest BCUT2D eigenvalue weighted by Gasteiger charge is 2.23. The molecular formula is C16H24F2N2. The zero-order chi connectivity index (χ0) is 14.5. The van der Waals surface area contributed by atoms with E-state index in [4.69, 9.17) is 0 Å². The molecule has 1 atom stereocenters. The van der Waals surface area contributed by atoms with Crippen LogP contribution in [0.2, 0.25) is 0 Å². The topological polar surface area (TPSA) is 15.3 Å². The van der Waals surface area contributed by atoms with Crippen LogP contribution < -0.4 is 5.32 Å². The summed E-state index contributed by atoms with van der Waals surface area (Å²) in [6.07, 6.45) is 2.30. The van der Waals surface area contributed by atoms with E-state index in [9.17, 15) is 8.78 Å². The minimum absolute atomic E-state index is 0.0697. The van der Waals surface area contributed by atoms with Crippen LogP contribution in [0.4, 0.5) is 8.78 Å². The van der Waals surface area contributed by atoms with Crippen LogP contribution >= 0.6 is 0 Å². The summed E-state index contributed by atoms with van der Waals surface area (Å²) in [7, 11) is 0. The van der Waals surface area contributed by atoms with Gasteiger partial charge in [-0.25, -0.2) is 8.78 Å². The van der Waals surface area contributed by atoms with Crippen molar-refractivity contribution >= 4 is 0 Å². The minimum Gasteiger partial charge on any atom is -0.317 e. The third-order valence-electron chi connectivity index (χ3n) is 4.25. The number of hydrogen-bond donors (Lipinski definition) is 1. The Labute approximate surface area is 120 Å². The van der Waals surface area contributed by atoms with Crippen LogP contribution in [-0.2, 0) is 0 Å². The first-order valence-electron chi connectivity index (χ1n) is 7.51. The van der Waals surface area contributed by atoms with Gasteiger partial charge in [0.25, 0.3) is 0 Å². The van der Waals surface area contributed by atoms with E-state index in [1.807, 2.05) is 6.92 Å². The van der Waals surface area contributed by atoms with Crippen molar-refractivity contribution in [2.75, 3.05) is 26.2 Å². The Morgan fingerprint density at radius 2 is 1.80 bits per heavy atom. The van der Waals surface area contributed by atoms with E-state index in [1.54, 1.807) is 0 Å². The lowest BCUT2D eigenvalue weighted by Crippen LogP contribution is -2.38. The summed E-state index contributed by atoms with van der Waals surface area (Å²) in [6.45, 7) is 8.23. The lowest BCUT2D eigenvalue weighted by atomic mass is 9.94. The zero-order valence-corrected chi connectivity index (χ0v) is 12.3. The molecule has 2 rings (SSSR count). The molecule has 0 aliphatic carbocycles. The van der Waals surface area contributed by atoms with Gasteiger partial charge in [0.15, 0.2) is 0 Å². The van der Waals surface area contributed by atoms with Crippen molar-refractivity contribution in [1.29, 1.82) is 0 Å². The normalized spacial score (nSPS) is 19.2. The molecule has 2 nitrogen and oxygen atoms in total. The van der Waals surface area contributed by atoms with Gasteiger partial charge in [-0.3, -0.25) is 4.90 Å². The fraction of sp³-hybridized carbons (Fsp3) is 0.625. The first-order chi connectivity index (χ1) is 9.60. The van der Waals surface area contributed by atoms with Crippen molar-refractivity contribution in [2.24, 2.45) is 5.92 Å². The van der Waals surface area contributed by atoms with E-state index in [1.165, 1.54) is 12.1 Å². The minimum atomic E-state index is -0.492. The quantitative estimate of drug-likeness (QED) is 0.891. The molecule has 1 saturated heterocycles. The van der Waals surface area contributed by atoms with Gasteiger partial charge in [-0.15, -0.1) is 0 Å². The summed E-state index contributed by atoms with van der Waals surface area (Å²) in [5.41, 5.74) is 0.729. The van der Waals surface area contributed by atoms with Crippen LogP contribution in [0.25, 0.3) is 0 Å². The highest BCUT2D eigenvalue weighted by molar-refractivity contribution is 5.21. The zero-order valence-electron chi connectivity index (χ0n) is 12.3. The Morgan fingerprint density at radius 1 is 1.20 bits per heavy atom. The van der Waals surface area contributed by atoms with Crippen LogP contribution in [0.1, 0.15) is 38.3 Å². The summed E-state index contributed by atoms with van der Waals surface area (Å²) in [5.74, 6) is -0.259. The summed E-state index contributed by atoms with van der Waals surface area (Å²) < 4.78 is 26.6. The molecule has 4 heteroatoms. The maximum atomic E-state index is 13.3. The largest absolute Gasteiger partial charge is 0.317 e. The smallest absolute Gasteiger partial charge is 0.126 e. The molecule has 1 aliphatic heterocycles. The Bertz CT molecular complexity index is 408. The Kier molecular flexibility index (Phi) is 5.49. The van der Waals surface area contributed by atoms with Crippen molar-refractivity contribution in [3.63, 3.8) is 0 Å². The summed E-state index contributed by atoms with van der Waals surface area (Å²) in [6, 6.07) is 3.89. The van der Waals surface area contributed by atoms with Crippen molar-refractivity contribution in [1.82, 2.24) is 10.2 Å². The monoisotopic (exact) mass is 282 g/mol. The Balaban J connectivity index is 1.92. The number of rotatable bonds is 5. The van der Waals surface area contributed by atoms with E-state index in [0.717, 1.165) is 56.6 Å². The maximum Gasteiger partial charge on any atom is 0.126 e. The molecule has 1 aromatic carbocycles. The molecule has 0 spiro atoms. The summed E-state index contributed by atoms with van der Waals surface area (Å²) in [5, 5.41) is 3.39. The number of nitrogens with zero attached hydrogens (tertiary/aromatic N) is 1. The Hall–Kier alpha value is -1.00. The molecular weight excluding hydrogens is 258 g/mol. The molecule has 0 amide bonds. The summed E-state index contributed by atoms with van der Waals surface area (Å²) in [4.78, 5) is 2.32. The fourth-order valence-electron chi connectivity index (χ4n) is 2.92. The predicted molar refractivity (Wildman–Crippen MR) is 77.6 cm³/mol. The van der Waals surface area contributed by atoms with Crippen molar-refractivity contribution in [3.8, 4) is 0 Å². The van der Waals surface area contributed by atoms with Gasteiger partial charge >= 0.3 is 0 Å². The Morgan fingerprint density at radius 3 is 2.35 bits per heavy atom.